The zero-order chi connectivity index (χ0) is 14.3. The van der Waals surface area contributed by atoms with Gasteiger partial charge >= 0.3 is 0 Å². The van der Waals surface area contributed by atoms with Crippen molar-refractivity contribution in [3.8, 4) is 0 Å². The average molecular weight is 283 g/mol. The van der Waals surface area contributed by atoms with Gasteiger partial charge in [-0.2, -0.15) is 0 Å². The van der Waals surface area contributed by atoms with Crippen LogP contribution in [0.15, 0.2) is 40.8 Å². The maximum Gasteiger partial charge on any atom is 0.129 e. The van der Waals surface area contributed by atoms with Gasteiger partial charge < -0.3 is 14.8 Å². The number of benzene rings is 1. The molecule has 1 heterocycles. The Balaban J connectivity index is 1.34. The van der Waals surface area contributed by atoms with Crippen molar-refractivity contribution in [1.82, 2.24) is 5.32 Å². The summed E-state index contributed by atoms with van der Waals surface area (Å²) >= 11 is 0. The Hall–Kier alpha value is -1.58. The minimum Gasteiger partial charge on any atom is -0.462 e. The molecule has 1 aromatic carbocycles. The molecule has 110 valence electrons. The van der Waals surface area contributed by atoms with E-state index in [4.69, 9.17) is 9.52 Å². The lowest BCUT2D eigenvalue weighted by molar-refractivity contribution is 0.242. The molecule has 1 spiro atoms. The summed E-state index contributed by atoms with van der Waals surface area (Å²) in [4.78, 5) is 0. The summed E-state index contributed by atoms with van der Waals surface area (Å²) in [5.41, 5.74) is 3.61. The van der Waals surface area contributed by atoms with Gasteiger partial charge in [0.15, 0.2) is 0 Å². The summed E-state index contributed by atoms with van der Waals surface area (Å²) in [5.74, 6) is 2.30. The number of aryl methyl sites for hydroxylation is 1. The Morgan fingerprint density at radius 2 is 2.05 bits per heavy atom. The van der Waals surface area contributed by atoms with E-state index in [1.165, 1.54) is 19.3 Å². The first kappa shape index (κ1) is 13.1. The number of aliphatic hydroxyl groups excluding tert-OH is 1. The molecule has 2 aliphatic carbocycles. The minimum atomic E-state index is -0.0253. The molecule has 2 N–H and O–H groups in total. The molecule has 0 bridgehead atoms. The van der Waals surface area contributed by atoms with Gasteiger partial charge in [-0.05, 0) is 55.0 Å². The highest BCUT2D eigenvalue weighted by atomic mass is 16.4. The maximum atomic E-state index is 8.99. The molecule has 1 fully saturated rings. The molecule has 0 amide bonds. The van der Waals surface area contributed by atoms with Crippen LogP contribution in [0.1, 0.15) is 35.5 Å². The van der Waals surface area contributed by atoms with E-state index in [1.807, 2.05) is 12.1 Å². The van der Waals surface area contributed by atoms with Crippen LogP contribution in [0.25, 0.3) is 0 Å². The number of aliphatic hydroxyl groups is 1. The quantitative estimate of drug-likeness (QED) is 0.887. The first-order valence-electron chi connectivity index (χ1n) is 7.79. The Morgan fingerprint density at radius 1 is 1.19 bits per heavy atom. The van der Waals surface area contributed by atoms with Crippen LogP contribution < -0.4 is 5.32 Å². The van der Waals surface area contributed by atoms with Crippen molar-refractivity contribution in [2.45, 2.75) is 37.8 Å². The molecule has 3 nitrogen and oxygen atoms in total. The maximum absolute atomic E-state index is 8.99. The van der Waals surface area contributed by atoms with Gasteiger partial charge in [0.25, 0.3) is 0 Å². The molecule has 1 aromatic heterocycles. The van der Waals surface area contributed by atoms with Crippen LogP contribution in [0.2, 0.25) is 0 Å². The fourth-order valence-corrected chi connectivity index (χ4v) is 3.97. The number of furan rings is 1. The molecule has 0 aliphatic heterocycles. The van der Waals surface area contributed by atoms with Crippen molar-refractivity contribution in [2.24, 2.45) is 5.92 Å². The summed E-state index contributed by atoms with van der Waals surface area (Å²) in [5, 5.41) is 12.5. The Kier molecular flexibility index (Phi) is 3.12. The first-order chi connectivity index (χ1) is 10.3. The van der Waals surface area contributed by atoms with Gasteiger partial charge in [0.05, 0.1) is 6.54 Å². The van der Waals surface area contributed by atoms with Gasteiger partial charge in [-0.15, -0.1) is 0 Å². The lowest BCUT2D eigenvalue weighted by Gasteiger charge is -2.11. The highest BCUT2D eigenvalue weighted by Gasteiger charge is 2.57. The predicted molar refractivity (Wildman–Crippen MR) is 80.9 cm³/mol. The molecule has 3 heteroatoms. The SMILES string of the molecule is OCc1ccc(CNC[C@@H]2C[C@]23CCc2ccccc23)o1. The van der Waals surface area contributed by atoms with Gasteiger partial charge in [-0.3, -0.25) is 0 Å². The Morgan fingerprint density at radius 3 is 2.90 bits per heavy atom. The van der Waals surface area contributed by atoms with Crippen molar-refractivity contribution >= 4 is 0 Å². The number of hydrogen-bond donors (Lipinski definition) is 2. The van der Waals surface area contributed by atoms with Crippen molar-refractivity contribution in [3.63, 3.8) is 0 Å². The summed E-state index contributed by atoms with van der Waals surface area (Å²) in [6, 6.07) is 12.7. The summed E-state index contributed by atoms with van der Waals surface area (Å²) in [7, 11) is 0. The zero-order valence-electron chi connectivity index (χ0n) is 12.1. The second-order valence-corrected chi connectivity index (χ2v) is 6.37. The Bertz CT molecular complexity index is 648. The van der Waals surface area contributed by atoms with Gasteiger partial charge in [0.1, 0.15) is 18.1 Å². The van der Waals surface area contributed by atoms with Crippen LogP contribution in [0.3, 0.4) is 0 Å². The molecule has 0 unspecified atom stereocenters. The van der Waals surface area contributed by atoms with Crippen molar-refractivity contribution in [3.05, 3.63) is 59.0 Å². The second-order valence-electron chi connectivity index (χ2n) is 6.37. The summed E-state index contributed by atoms with van der Waals surface area (Å²) < 4.78 is 5.50. The highest BCUT2D eigenvalue weighted by molar-refractivity contribution is 5.45. The topological polar surface area (TPSA) is 45.4 Å². The van der Waals surface area contributed by atoms with Gasteiger partial charge in [-0.1, -0.05) is 24.3 Å². The lowest BCUT2D eigenvalue weighted by atomic mass is 9.95. The van der Waals surface area contributed by atoms with Crippen molar-refractivity contribution < 1.29 is 9.52 Å². The molecular formula is C18H21NO2. The molecular weight excluding hydrogens is 262 g/mol. The van der Waals surface area contributed by atoms with Crippen LogP contribution in [-0.4, -0.2) is 11.7 Å². The monoisotopic (exact) mass is 283 g/mol. The normalized spacial score (nSPS) is 26.2. The third kappa shape index (κ3) is 2.21. The fourth-order valence-electron chi connectivity index (χ4n) is 3.97. The van der Waals surface area contributed by atoms with Crippen LogP contribution in [0, 0.1) is 5.92 Å². The number of rotatable bonds is 5. The van der Waals surface area contributed by atoms with Crippen LogP contribution in [0.4, 0.5) is 0 Å². The van der Waals surface area contributed by atoms with E-state index in [9.17, 15) is 0 Å². The highest BCUT2D eigenvalue weighted by Crippen LogP contribution is 2.61. The zero-order valence-corrected chi connectivity index (χ0v) is 12.1. The van der Waals surface area contributed by atoms with Crippen LogP contribution in [-0.2, 0) is 25.0 Å². The van der Waals surface area contributed by atoms with E-state index in [-0.39, 0.29) is 6.61 Å². The van der Waals surface area contributed by atoms with E-state index < -0.39 is 0 Å². The van der Waals surface area contributed by atoms with Gasteiger partial charge in [-0.25, -0.2) is 0 Å². The smallest absolute Gasteiger partial charge is 0.129 e. The van der Waals surface area contributed by atoms with Gasteiger partial charge in [0, 0.05) is 5.41 Å². The van der Waals surface area contributed by atoms with E-state index in [2.05, 4.69) is 29.6 Å². The van der Waals surface area contributed by atoms with Gasteiger partial charge in [0.2, 0.25) is 0 Å². The molecule has 0 saturated heterocycles. The summed E-state index contributed by atoms with van der Waals surface area (Å²) in [6.45, 7) is 1.76. The molecule has 4 rings (SSSR count). The molecule has 1 saturated carbocycles. The number of hydrogen-bond acceptors (Lipinski definition) is 3. The van der Waals surface area contributed by atoms with E-state index >= 15 is 0 Å². The third-order valence-electron chi connectivity index (χ3n) is 5.19. The molecule has 0 radical (unpaired) electrons. The molecule has 2 aromatic rings. The summed E-state index contributed by atoms with van der Waals surface area (Å²) in [6.07, 6.45) is 3.87. The van der Waals surface area contributed by atoms with Crippen molar-refractivity contribution in [2.75, 3.05) is 6.54 Å². The predicted octanol–water partition coefficient (Wildman–Crippen LogP) is 2.77. The van der Waals surface area contributed by atoms with Crippen molar-refractivity contribution in [1.29, 1.82) is 0 Å². The van der Waals surface area contributed by atoms with E-state index in [0.717, 1.165) is 24.8 Å². The lowest BCUT2D eigenvalue weighted by Crippen LogP contribution is -2.20. The van der Waals surface area contributed by atoms with Crippen LogP contribution in [0.5, 0.6) is 0 Å². The Labute approximate surface area is 125 Å². The number of fused-ring (bicyclic) bond motifs is 2. The molecule has 2 aliphatic rings. The standard InChI is InChI=1S/C18H21NO2/c20-12-16-6-5-15(21-16)11-19-10-14-9-18(14)8-7-13-3-1-2-4-17(13)18/h1-6,14,19-20H,7-12H2/t14-,18+/m0/s1. The first-order valence-corrected chi connectivity index (χ1v) is 7.79. The molecule has 21 heavy (non-hydrogen) atoms. The van der Waals surface area contributed by atoms with E-state index in [0.29, 0.717) is 11.2 Å². The van der Waals surface area contributed by atoms with Crippen LogP contribution >= 0.6 is 0 Å². The molecule has 2 atom stereocenters. The number of nitrogens with one attached hydrogen (secondary N) is 1. The van der Waals surface area contributed by atoms with E-state index in [1.54, 1.807) is 11.1 Å². The largest absolute Gasteiger partial charge is 0.462 e. The average Bonchev–Trinajstić information content (AvgIpc) is 2.85. The third-order valence-corrected chi connectivity index (χ3v) is 5.19. The fraction of sp³-hybridized carbons (Fsp3) is 0.444. The minimum absolute atomic E-state index is 0.0253. The second kappa shape index (κ2) is 5.00.